The minimum absolute atomic E-state index is 0.0296. The summed E-state index contributed by atoms with van der Waals surface area (Å²) in [6.07, 6.45) is -16.4. The number of aryl methyl sites for hydroxylation is 1. The molecule has 1 amide bonds. The molecule has 3 N–H and O–H groups in total. The standard InChI is InChI=1S/C29H25F9N4O4/c1-2-19-12-22(20-11-16(27(30,31)32)4-5-23(20)42(19)26(45)46)41-25-39-13-15(3-6-24(43)44)21(40-25)9-14-7-17(28(33,34)35)10-18(8-14)29(36,37)38/h4-5,7-8,10-11,13,19,22H,2-3,6,9,12H2,1H3,(H,43,44)(H,45,46)(H,39,40,41)/t19-,22+/m1/s1. The Bertz CT molecular complexity index is 1590. The van der Waals surface area contributed by atoms with E-state index in [1.165, 1.54) is 0 Å². The molecule has 1 aliphatic rings. The van der Waals surface area contributed by atoms with Crippen LogP contribution in [0.25, 0.3) is 0 Å². The molecule has 8 nitrogen and oxygen atoms in total. The summed E-state index contributed by atoms with van der Waals surface area (Å²) >= 11 is 0. The maximum Gasteiger partial charge on any atom is 0.416 e. The number of amides is 1. The van der Waals surface area contributed by atoms with Gasteiger partial charge in [-0.15, -0.1) is 0 Å². The second kappa shape index (κ2) is 12.7. The van der Waals surface area contributed by atoms with E-state index in [-0.39, 0.29) is 53.8 Å². The second-order valence-electron chi connectivity index (χ2n) is 10.6. The first-order valence-corrected chi connectivity index (χ1v) is 13.6. The van der Waals surface area contributed by atoms with Gasteiger partial charge in [0.2, 0.25) is 5.95 Å². The van der Waals surface area contributed by atoms with Gasteiger partial charge in [-0.05, 0) is 72.4 Å². The number of carboxylic acid groups (broad SMARTS) is 2. The summed E-state index contributed by atoms with van der Waals surface area (Å²) in [5.41, 5.74) is -4.74. The third-order valence-corrected chi connectivity index (χ3v) is 7.42. The Morgan fingerprint density at radius 3 is 2.04 bits per heavy atom. The lowest BCUT2D eigenvalue weighted by molar-refractivity contribution is -0.143. The van der Waals surface area contributed by atoms with Crippen molar-refractivity contribution in [3.8, 4) is 0 Å². The van der Waals surface area contributed by atoms with Gasteiger partial charge in [0.05, 0.1) is 34.1 Å². The molecule has 4 rings (SSSR count). The summed E-state index contributed by atoms with van der Waals surface area (Å²) < 4.78 is 122. The lowest BCUT2D eigenvalue weighted by Crippen LogP contribution is -2.45. The third-order valence-electron chi connectivity index (χ3n) is 7.42. The van der Waals surface area contributed by atoms with Crippen LogP contribution in [-0.4, -0.2) is 38.3 Å². The van der Waals surface area contributed by atoms with E-state index in [0.29, 0.717) is 12.1 Å². The molecule has 0 aliphatic carbocycles. The number of benzene rings is 2. The van der Waals surface area contributed by atoms with E-state index in [2.05, 4.69) is 15.3 Å². The van der Waals surface area contributed by atoms with Crippen molar-refractivity contribution < 1.29 is 59.3 Å². The molecule has 1 aliphatic heterocycles. The number of alkyl halides is 9. The Labute approximate surface area is 254 Å². The number of nitrogens with zero attached hydrogens (tertiary/aromatic N) is 3. The van der Waals surface area contributed by atoms with E-state index < -0.39 is 77.8 Å². The smallest absolute Gasteiger partial charge is 0.416 e. The molecular formula is C29H25F9N4O4. The van der Waals surface area contributed by atoms with Crippen molar-refractivity contribution in [1.82, 2.24) is 9.97 Å². The Morgan fingerprint density at radius 1 is 0.913 bits per heavy atom. The van der Waals surface area contributed by atoms with Gasteiger partial charge >= 0.3 is 30.6 Å². The summed E-state index contributed by atoms with van der Waals surface area (Å²) in [7, 11) is 0. The van der Waals surface area contributed by atoms with Gasteiger partial charge in [0.15, 0.2) is 0 Å². The van der Waals surface area contributed by atoms with Crippen molar-refractivity contribution in [2.75, 3.05) is 10.2 Å². The number of fused-ring (bicyclic) bond motifs is 1. The number of anilines is 2. The molecule has 0 unspecified atom stereocenters. The highest BCUT2D eigenvalue weighted by Crippen LogP contribution is 2.43. The molecular weight excluding hydrogens is 639 g/mol. The predicted molar refractivity (Wildman–Crippen MR) is 144 cm³/mol. The molecule has 2 atom stereocenters. The Hall–Kier alpha value is -4.57. The number of hydrogen-bond acceptors (Lipinski definition) is 5. The topological polar surface area (TPSA) is 116 Å². The number of aliphatic carboxylic acids is 1. The first-order chi connectivity index (χ1) is 21.3. The van der Waals surface area contributed by atoms with Gasteiger partial charge in [0.1, 0.15) is 0 Å². The second-order valence-corrected chi connectivity index (χ2v) is 10.6. The van der Waals surface area contributed by atoms with Crippen LogP contribution >= 0.6 is 0 Å². The van der Waals surface area contributed by atoms with Crippen molar-refractivity contribution in [2.45, 2.75) is 69.6 Å². The lowest BCUT2D eigenvalue weighted by Gasteiger charge is -2.39. The summed E-state index contributed by atoms with van der Waals surface area (Å²) in [5, 5.41) is 21.8. The molecule has 17 heteroatoms. The van der Waals surface area contributed by atoms with E-state index in [9.17, 15) is 54.2 Å². The predicted octanol–water partition coefficient (Wildman–Crippen LogP) is 7.96. The highest BCUT2D eigenvalue weighted by Gasteiger charge is 2.39. The lowest BCUT2D eigenvalue weighted by atomic mass is 9.89. The number of carbonyl (C=O) groups is 2. The van der Waals surface area contributed by atoms with Gasteiger partial charge in [-0.3, -0.25) is 9.69 Å². The molecule has 2 heterocycles. The zero-order valence-corrected chi connectivity index (χ0v) is 23.7. The van der Waals surface area contributed by atoms with Crippen molar-refractivity contribution in [3.05, 3.63) is 81.7 Å². The van der Waals surface area contributed by atoms with E-state index in [0.717, 1.165) is 29.3 Å². The van der Waals surface area contributed by atoms with Crippen LogP contribution in [0, 0.1) is 0 Å². The van der Waals surface area contributed by atoms with Crippen LogP contribution in [0.4, 0.5) is 55.9 Å². The van der Waals surface area contributed by atoms with Crippen molar-refractivity contribution >= 4 is 23.7 Å². The largest absolute Gasteiger partial charge is 0.481 e. The summed E-state index contributed by atoms with van der Waals surface area (Å²) in [4.78, 5) is 32.5. The van der Waals surface area contributed by atoms with Gasteiger partial charge in [-0.2, -0.15) is 39.5 Å². The number of hydrogen-bond donors (Lipinski definition) is 3. The summed E-state index contributed by atoms with van der Waals surface area (Å²) in [6.45, 7) is 1.67. The first kappa shape index (κ1) is 34.3. The Kier molecular flexibility index (Phi) is 9.45. The fourth-order valence-electron chi connectivity index (χ4n) is 5.26. The molecule has 2 aromatic carbocycles. The Morgan fingerprint density at radius 2 is 1.52 bits per heavy atom. The highest BCUT2D eigenvalue weighted by atomic mass is 19.4. The van der Waals surface area contributed by atoms with Gasteiger partial charge in [-0.1, -0.05) is 6.92 Å². The van der Waals surface area contributed by atoms with Crippen LogP contribution in [0.2, 0.25) is 0 Å². The Balaban J connectivity index is 1.79. The van der Waals surface area contributed by atoms with E-state index in [1.54, 1.807) is 6.92 Å². The minimum atomic E-state index is -5.12. The van der Waals surface area contributed by atoms with E-state index >= 15 is 0 Å². The van der Waals surface area contributed by atoms with Crippen molar-refractivity contribution in [2.24, 2.45) is 0 Å². The average molecular weight is 665 g/mol. The van der Waals surface area contributed by atoms with Crippen LogP contribution in [0.1, 0.15) is 71.3 Å². The van der Waals surface area contributed by atoms with Crippen LogP contribution in [0.3, 0.4) is 0 Å². The number of carboxylic acids is 1. The maximum atomic E-state index is 13.6. The van der Waals surface area contributed by atoms with Gasteiger partial charge in [0, 0.05) is 25.1 Å². The maximum absolute atomic E-state index is 13.6. The number of rotatable bonds is 8. The molecule has 1 aromatic heterocycles. The number of halogens is 9. The van der Waals surface area contributed by atoms with Crippen molar-refractivity contribution in [3.63, 3.8) is 0 Å². The quantitative estimate of drug-likeness (QED) is 0.209. The van der Waals surface area contributed by atoms with Crippen LogP contribution in [0.15, 0.2) is 42.6 Å². The van der Waals surface area contributed by atoms with Crippen LogP contribution in [0.5, 0.6) is 0 Å². The first-order valence-electron chi connectivity index (χ1n) is 13.6. The SMILES string of the molecule is CC[C@@H]1C[C@H](Nc2ncc(CCC(=O)O)c(Cc3cc(C(F)(F)F)cc(C(F)(F)F)c3)n2)c2cc(C(F)(F)F)ccc2N1C(=O)O. The van der Waals surface area contributed by atoms with E-state index in [4.69, 9.17) is 5.11 Å². The van der Waals surface area contributed by atoms with Gasteiger partial charge < -0.3 is 15.5 Å². The molecule has 248 valence electrons. The molecule has 0 spiro atoms. The number of aromatic nitrogens is 2. The molecule has 46 heavy (non-hydrogen) atoms. The normalized spacial score (nSPS) is 17.0. The minimum Gasteiger partial charge on any atom is -0.481 e. The highest BCUT2D eigenvalue weighted by molar-refractivity contribution is 5.89. The molecule has 3 aromatic rings. The zero-order chi connectivity index (χ0) is 34.2. The molecule has 0 radical (unpaired) electrons. The van der Waals surface area contributed by atoms with Crippen molar-refractivity contribution in [1.29, 1.82) is 0 Å². The molecule has 0 bridgehead atoms. The molecule has 0 fully saturated rings. The molecule has 0 saturated carbocycles. The van der Waals surface area contributed by atoms with Crippen LogP contribution in [-0.2, 0) is 36.2 Å². The zero-order valence-electron chi connectivity index (χ0n) is 23.7. The summed E-state index contributed by atoms with van der Waals surface area (Å²) in [6, 6.07) is 1.82. The van der Waals surface area contributed by atoms with E-state index in [1.807, 2.05) is 0 Å². The van der Waals surface area contributed by atoms with Gasteiger partial charge in [-0.25, -0.2) is 14.8 Å². The monoisotopic (exact) mass is 664 g/mol. The third kappa shape index (κ3) is 7.80. The van der Waals surface area contributed by atoms with Gasteiger partial charge in [0.25, 0.3) is 0 Å². The average Bonchev–Trinajstić information content (AvgIpc) is 2.94. The fourth-order valence-corrected chi connectivity index (χ4v) is 5.26. The number of nitrogens with one attached hydrogen (secondary N) is 1. The summed E-state index contributed by atoms with van der Waals surface area (Å²) in [5.74, 6) is -1.52. The fraction of sp³-hybridized carbons (Fsp3) is 0.379. The van der Waals surface area contributed by atoms with Crippen LogP contribution < -0.4 is 10.2 Å². The molecule has 0 saturated heterocycles.